The highest BCUT2D eigenvalue weighted by Crippen LogP contribution is 2.13. The molecule has 0 fully saturated rings. The third-order valence-corrected chi connectivity index (χ3v) is 3.12. The van der Waals surface area contributed by atoms with Gasteiger partial charge in [0.25, 0.3) is 5.91 Å². The maximum absolute atomic E-state index is 11.8. The van der Waals surface area contributed by atoms with Gasteiger partial charge in [-0.2, -0.15) is 5.10 Å². The van der Waals surface area contributed by atoms with Crippen LogP contribution in [0.25, 0.3) is 0 Å². The van der Waals surface area contributed by atoms with E-state index in [4.69, 9.17) is 4.42 Å². The number of carbonyl (C=O) groups excluding carboxylic acids is 2. The van der Waals surface area contributed by atoms with Crippen LogP contribution in [0.5, 0.6) is 0 Å². The van der Waals surface area contributed by atoms with Gasteiger partial charge in [0.05, 0.1) is 6.26 Å². The third kappa shape index (κ3) is 3.95. The molecule has 0 aliphatic rings. The number of aromatic nitrogens is 2. The highest BCUT2D eigenvalue weighted by molar-refractivity contribution is 5.92. The maximum atomic E-state index is 11.8. The molecule has 0 saturated carbocycles. The van der Waals surface area contributed by atoms with Crippen molar-refractivity contribution in [1.82, 2.24) is 15.5 Å². The van der Waals surface area contributed by atoms with E-state index in [2.05, 4.69) is 20.8 Å². The van der Waals surface area contributed by atoms with E-state index >= 15 is 0 Å². The summed E-state index contributed by atoms with van der Waals surface area (Å²) in [5, 5.41) is 12.2. The van der Waals surface area contributed by atoms with Crippen molar-refractivity contribution < 1.29 is 14.0 Å². The minimum Gasteiger partial charge on any atom is -0.459 e. The minimum atomic E-state index is -0.279. The van der Waals surface area contributed by atoms with Crippen LogP contribution in [0, 0.1) is 13.8 Å². The number of rotatable bonds is 6. The second-order valence-corrected chi connectivity index (χ2v) is 4.71. The zero-order valence-corrected chi connectivity index (χ0v) is 12.0. The lowest BCUT2D eigenvalue weighted by atomic mass is 10.2. The largest absolute Gasteiger partial charge is 0.459 e. The molecular formula is C14H18N4O3. The Hall–Kier alpha value is -2.57. The Morgan fingerprint density at radius 1 is 1.38 bits per heavy atom. The van der Waals surface area contributed by atoms with Crippen molar-refractivity contribution >= 4 is 17.6 Å². The summed E-state index contributed by atoms with van der Waals surface area (Å²) in [6, 6.07) is 3.24. The molecule has 7 nitrogen and oxygen atoms in total. The van der Waals surface area contributed by atoms with E-state index in [1.807, 2.05) is 13.8 Å². The number of aromatic amines is 1. The number of furan rings is 1. The zero-order chi connectivity index (χ0) is 15.2. The van der Waals surface area contributed by atoms with Crippen molar-refractivity contribution in [3.05, 3.63) is 35.4 Å². The van der Waals surface area contributed by atoms with Crippen molar-refractivity contribution in [3.63, 3.8) is 0 Å². The maximum Gasteiger partial charge on any atom is 0.286 e. The molecule has 3 N–H and O–H groups in total. The second-order valence-electron chi connectivity index (χ2n) is 4.71. The summed E-state index contributed by atoms with van der Waals surface area (Å²) in [5.41, 5.74) is 1.85. The first kappa shape index (κ1) is 14.8. The van der Waals surface area contributed by atoms with Crippen molar-refractivity contribution in [2.24, 2.45) is 0 Å². The molecule has 2 aromatic heterocycles. The van der Waals surface area contributed by atoms with Gasteiger partial charge in [-0.15, -0.1) is 0 Å². The van der Waals surface area contributed by atoms with Gasteiger partial charge in [-0.25, -0.2) is 0 Å². The SMILES string of the molecule is Cc1[nH]nc(NC(=O)CCCNC(=O)c2ccco2)c1C. The Bertz CT molecular complexity index is 616. The first-order chi connectivity index (χ1) is 10.1. The molecule has 7 heteroatoms. The average Bonchev–Trinajstić information content (AvgIpc) is 3.09. The summed E-state index contributed by atoms with van der Waals surface area (Å²) >= 11 is 0. The molecule has 0 bridgehead atoms. The molecule has 112 valence electrons. The normalized spacial score (nSPS) is 10.4. The fraction of sp³-hybridized carbons (Fsp3) is 0.357. The Balaban J connectivity index is 1.68. The molecule has 0 atom stereocenters. The minimum absolute atomic E-state index is 0.128. The summed E-state index contributed by atoms with van der Waals surface area (Å²) in [7, 11) is 0. The Morgan fingerprint density at radius 3 is 2.81 bits per heavy atom. The fourth-order valence-electron chi connectivity index (χ4n) is 1.75. The molecule has 2 amide bonds. The van der Waals surface area contributed by atoms with Crippen LogP contribution in [0.2, 0.25) is 0 Å². The number of nitrogens with zero attached hydrogens (tertiary/aromatic N) is 1. The highest BCUT2D eigenvalue weighted by atomic mass is 16.3. The smallest absolute Gasteiger partial charge is 0.286 e. The van der Waals surface area contributed by atoms with Crippen LogP contribution < -0.4 is 10.6 Å². The molecule has 21 heavy (non-hydrogen) atoms. The number of amides is 2. The van der Waals surface area contributed by atoms with Crippen LogP contribution in [0.1, 0.15) is 34.7 Å². The van der Waals surface area contributed by atoms with Gasteiger partial charge >= 0.3 is 0 Å². The van der Waals surface area contributed by atoms with E-state index in [1.165, 1.54) is 6.26 Å². The Kier molecular flexibility index (Phi) is 4.76. The number of hydrogen-bond acceptors (Lipinski definition) is 4. The van der Waals surface area contributed by atoms with E-state index in [0.29, 0.717) is 25.2 Å². The molecule has 0 spiro atoms. The van der Waals surface area contributed by atoms with Gasteiger partial charge in [-0.1, -0.05) is 0 Å². The third-order valence-electron chi connectivity index (χ3n) is 3.12. The van der Waals surface area contributed by atoms with Crippen LogP contribution in [0.4, 0.5) is 5.82 Å². The van der Waals surface area contributed by atoms with E-state index < -0.39 is 0 Å². The predicted octanol–water partition coefficient (Wildman–Crippen LogP) is 1.77. The number of hydrogen-bond donors (Lipinski definition) is 3. The molecule has 0 saturated heterocycles. The van der Waals surface area contributed by atoms with Gasteiger partial charge in [-0.05, 0) is 32.4 Å². The van der Waals surface area contributed by atoms with E-state index in [1.54, 1.807) is 12.1 Å². The van der Waals surface area contributed by atoms with Crippen LogP contribution in [0.15, 0.2) is 22.8 Å². The lowest BCUT2D eigenvalue weighted by molar-refractivity contribution is -0.116. The predicted molar refractivity (Wildman–Crippen MR) is 77.0 cm³/mol. The van der Waals surface area contributed by atoms with E-state index in [0.717, 1.165) is 11.3 Å². The van der Waals surface area contributed by atoms with Crippen LogP contribution in [-0.2, 0) is 4.79 Å². The molecule has 0 aliphatic carbocycles. The zero-order valence-electron chi connectivity index (χ0n) is 12.0. The molecule has 0 unspecified atom stereocenters. The lowest BCUT2D eigenvalue weighted by Gasteiger charge is -2.04. The molecular weight excluding hydrogens is 272 g/mol. The van der Waals surface area contributed by atoms with Crippen LogP contribution in [0.3, 0.4) is 0 Å². The molecule has 2 aromatic rings. The van der Waals surface area contributed by atoms with Crippen molar-refractivity contribution in [2.75, 3.05) is 11.9 Å². The first-order valence-electron chi connectivity index (χ1n) is 6.71. The van der Waals surface area contributed by atoms with Crippen molar-refractivity contribution in [2.45, 2.75) is 26.7 Å². The number of H-pyrrole nitrogens is 1. The highest BCUT2D eigenvalue weighted by Gasteiger charge is 2.10. The van der Waals surface area contributed by atoms with E-state index in [-0.39, 0.29) is 17.6 Å². The summed E-state index contributed by atoms with van der Waals surface area (Å²) in [5.74, 6) is 0.412. The van der Waals surface area contributed by atoms with Gasteiger partial charge in [0.1, 0.15) is 0 Å². The summed E-state index contributed by atoms with van der Waals surface area (Å²) < 4.78 is 4.96. The number of aryl methyl sites for hydroxylation is 1. The number of nitrogens with one attached hydrogen (secondary N) is 3. The van der Waals surface area contributed by atoms with Gasteiger partial charge in [0, 0.05) is 24.2 Å². The summed E-state index contributed by atoms with van der Waals surface area (Å²) in [4.78, 5) is 23.3. The van der Waals surface area contributed by atoms with Crippen LogP contribution in [-0.4, -0.2) is 28.6 Å². The van der Waals surface area contributed by atoms with Gasteiger partial charge in [-0.3, -0.25) is 14.7 Å². The fourth-order valence-corrected chi connectivity index (χ4v) is 1.75. The van der Waals surface area contributed by atoms with Gasteiger partial charge in [0.2, 0.25) is 5.91 Å². The quantitative estimate of drug-likeness (QED) is 0.706. The average molecular weight is 290 g/mol. The molecule has 2 heterocycles. The number of anilines is 1. The summed E-state index contributed by atoms with van der Waals surface area (Å²) in [6.07, 6.45) is 2.29. The lowest BCUT2D eigenvalue weighted by Crippen LogP contribution is -2.25. The van der Waals surface area contributed by atoms with Crippen molar-refractivity contribution in [3.8, 4) is 0 Å². The molecule has 0 radical (unpaired) electrons. The molecule has 0 aliphatic heterocycles. The standard InChI is InChI=1S/C14H18N4O3/c1-9-10(2)17-18-13(9)16-12(19)6-3-7-15-14(20)11-5-4-8-21-11/h4-5,8H,3,6-7H2,1-2H3,(H,15,20)(H2,16,17,18,19). The molecule has 2 rings (SSSR count). The second kappa shape index (κ2) is 6.74. The Morgan fingerprint density at radius 2 is 2.19 bits per heavy atom. The Labute approximate surface area is 122 Å². The summed E-state index contributed by atoms with van der Waals surface area (Å²) in [6.45, 7) is 4.19. The van der Waals surface area contributed by atoms with Gasteiger partial charge in [0.15, 0.2) is 11.6 Å². The van der Waals surface area contributed by atoms with Crippen LogP contribution >= 0.6 is 0 Å². The van der Waals surface area contributed by atoms with Crippen molar-refractivity contribution in [1.29, 1.82) is 0 Å². The molecule has 0 aromatic carbocycles. The van der Waals surface area contributed by atoms with E-state index in [9.17, 15) is 9.59 Å². The monoisotopic (exact) mass is 290 g/mol. The first-order valence-corrected chi connectivity index (χ1v) is 6.71. The topological polar surface area (TPSA) is 100 Å². The van der Waals surface area contributed by atoms with Gasteiger partial charge < -0.3 is 15.1 Å². The number of carbonyl (C=O) groups is 2.